The third kappa shape index (κ3) is 9.40. The predicted molar refractivity (Wildman–Crippen MR) is 160 cm³/mol. The number of aromatic hydroxyl groups is 1. The van der Waals surface area contributed by atoms with Gasteiger partial charge in [0.05, 0.1) is 12.3 Å². The number of ether oxygens (including phenoxy) is 2. The molecule has 246 valence electrons. The van der Waals surface area contributed by atoms with Crippen LogP contribution >= 0.6 is 0 Å². The van der Waals surface area contributed by atoms with Gasteiger partial charge in [-0.25, -0.2) is 14.8 Å². The summed E-state index contributed by atoms with van der Waals surface area (Å²) >= 11 is 0. The Hall–Kier alpha value is -3.70. The van der Waals surface area contributed by atoms with Crippen molar-refractivity contribution in [1.82, 2.24) is 9.97 Å². The molecular formula is C33H42F3N3O6. The molecule has 1 N–H and O–H groups in total. The van der Waals surface area contributed by atoms with E-state index in [4.69, 9.17) is 9.47 Å². The molecule has 2 aliphatic rings. The first-order valence-electron chi connectivity index (χ1n) is 15.8. The van der Waals surface area contributed by atoms with Gasteiger partial charge in [-0.1, -0.05) is 18.6 Å². The van der Waals surface area contributed by atoms with E-state index in [1.54, 1.807) is 13.8 Å². The van der Waals surface area contributed by atoms with Gasteiger partial charge in [-0.2, -0.15) is 13.2 Å². The molecule has 1 aromatic carbocycles. The largest absolute Gasteiger partial charge is 0.504 e. The quantitative estimate of drug-likeness (QED) is 0.215. The molecule has 0 unspecified atom stereocenters. The van der Waals surface area contributed by atoms with Crippen molar-refractivity contribution in [1.29, 1.82) is 0 Å². The van der Waals surface area contributed by atoms with Gasteiger partial charge in [0, 0.05) is 44.5 Å². The second-order valence-corrected chi connectivity index (χ2v) is 12.1. The van der Waals surface area contributed by atoms with Crippen LogP contribution in [0.15, 0.2) is 24.3 Å². The van der Waals surface area contributed by atoms with Crippen molar-refractivity contribution in [2.75, 3.05) is 24.6 Å². The number of halogens is 3. The van der Waals surface area contributed by atoms with Crippen molar-refractivity contribution in [3.05, 3.63) is 47.0 Å². The van der Waals surface area contributed by atoms with E-state index in [1.807, 2.05) is 24.3 Å². The molecule has 0 amide bonds. The summed E-state index contributed by atoms with van der Waals surface area (Å²) in [6.45, 7) is 5.21. The number of anilines is 1. The number of carbonyl (C=O) groups is 3. The monoisotopic (exact) mass is 633 g/mol. The highest BCUT2D eigenvalue weighted by Crippen LogP contribution is 2.37. The molecule has 0 radical (unpaired) electrons. The molecule has 2 fully saturated rings. The number of hydrogen-bond donors (Lipinski definition) is 1. The number of aromatic nitrogens is 2. The highest BCUT2D eigenvalue weighted by molar-refractivity contribution is 5.97. The van der Waals surface area contributed by atoms with Crippen LogP contribution in [0, 0.1) is 12.8 Å². The topological polar surface area (TPSA) is 119 Å². The van der Waals surface area contributed by atoms with Gasteiger partial charge in [0.2, 0.25) is 0 Å². The van der Waals surface area contributed by atoms with Crippen molar-refractivity contribution >= 4 is 23.4 Å². The number of aryl methyl sites for hydroxylation is 1. The summed E-state index contributed by atoms with van der Waals surface area (Å²) in [4.78, 5) is 47.1. The number of piperidine rings is 1. The van der Waals surface area contributed by atoms with Crippen molar-refractivity contribution < 1.29 is 42.1 Å². The van der Waals surface area contributed by atoms with Gasteiger partial charge in [-0.05, 0) is 82.4 Å². The number of ketones is 1. The number of benzene rings is 1. The molecule has 4 rings (SSSR count). The maximum atomic E-state index is 13.0. The normalized spacial score (nSPS) is 17.1. The van der Waals surface area contributed by atoms with Gasteiger partial charge in [0.25, 0.3) is 0 Å². The Bertz CT molecular complexity index is 1330. The molecule has 1 aromatic heterocycles. The maximum Gasteiger partial charge on any atom is 0.490 e. The van der Waals surface area contributed by atoms with Crippen LogP contribution in [0.2, 0.25) is 0 Å². The number of carbonyl (C=O) groups excluding carboxylic acids is 3. The Balaban J connectivity index is 1.32. The standard InChI is InChI=1S/C33H42F3N3O6/c1-3-44-28(41)9-7-8-26(40)29-30(42)22(2)37-27(38-29)20-23-14-18-39(19-15-23)25-12-10-24(11-13-25)21-32(16-5-4-6-17-32)45-31(43)33(34,35)36/h10-13,23,42H,3-9,14-21H2,1-2H3. The van der Waals surface area contributed by atoms with Gasteiger partial charge < -0.3 is 19.5 Å². The first kappa shape index (κ1) is 34.2. The summed E-state index contributed by atoms with van der Waals surface area (Å²) in [6.07, 6.45) is 1.22. The molecule has 0 atom stereocenters. The van der Waals surface area contributed by atoms with E-state index in [1.165, 1.54) is 0 Å². The minimum Gasteiger partial charge on any atom is -0.504 e. The number of Topliss-reactive ketones (excluding diaryl/α,β-unsaturated/α-hetero) is 1. The first-order valence-corrected chi connectivity index (χ1v) is 15.8. The number of nitrogens with zero attached hydrogens (tertiary/aromatic N) is 3. The Morgan fingerprint density at radius 1 is 1.02 bits per heavy atom. The summed E-state index contributed by atoms with van der Waals surface area (Å²) in [7, 11) is 0. The zero-order valence-electron chi connectivity index (χ0n) is 26.0. The summed E-state index contributed by atoms with van der Waals surface area (Å²) in [5, 5.41) is 10.4. The Kier molecular flexibility index (Phi) is 11.4. The molecule has 2 aromatic rings. The molecule has 2 heterocycles. The lowest BCUT2D eigenvalue weighted by atomic mass is 9.80. The van der Waals surface area contributed by atoms with Crippen LogP contribution in [0.4, 0.5) is 18.9 Å². The van der Waals surface area contributed by atoms with E-state index in [0.717, 1.165) is 56.4 Å². The molecule has 1 saturated carbocycles. The number of hydrogen-bond acceptors (Lipinski definition) is 9. The van der Waals surface area contributed by atoms with E-state index in [9.17, 15) is 32.7 Å². The van der Waals surface area contributed by atoms with E-state index in [-0.39, 0.29) is 55.0 Å². The molecule has 12 heteroatoms. The summed E-state index contributed by atoms with van der Waals surface area (Å²) in [5.74, 6) is -2.27. The second-order valence-electron chi connectivity index (χ2n) is 12.1. The lowest BCUT2D eigenvalue weighted by molar-refractivity contribution is -0.216. The molecule has 1 saturated heterocycles. The van der Waals surface area contributed by atoms with Crippen molar-refractivity contribution in [3.8, 4) is 5.75 Å². The zero-order chi connectivity index (χ0) is 32.6. The number of rotatable bonds is 12. The highest BCUT2D eigenvalue weighted by Gasteiger charge is 2.47. The van der Waals surface area contributed by atoms with Gasteiger partial charge in [-0.15, -0.1) is 0 Å². The van der Waals surface area contributed by atoms with Gasteiger partial charge >= 0.3 is 18.1 Å². The average molecular weight is 634 g/mol. The van der Waals surface area contributed by atoms with E-state index >= 15 is 0 Å². The van der Waals surface area contributed by atoms with Gasteiger partial charge in [-0.3, -0.25) is 9.59 Å². The molecule has 0 bridgehead atoms. The van der Waals surface area contributed by atoms with Crippen LogP contribution in [0.3, 0.4) is 0 Å². The van der Waals surface area contributed by atoms with Crippen molar-refractivity contribution in [2.45, 2.75) is 103 Å². The fourth-order valence-corrected chi connectivity index (χ4v) is 6.27. The summed E-state index contributed by atoms with van der Waals surface area (Å²) in [6, 6.07) is 7.73. The maximum absolute atomic E-state index is 13.0. The van der Waals surface area contributed by atoms with Crippen LogP contribution in [0.5, 0.6) is 5.75 Å². The lowest BCUT2D eigenvalue weighted by Crippen LogP contribution is -2.43. The van der Waals surface area contributed by atoms with E-state index in [2.05, 4.69) is 14.9 Å². The predicted octanol–water partition coefficient (Wildman–Crippen LogP) is 6.22. The Morgan fingerprint density at radius 2 is 1.69 bits per heavy atom. The third-order valence-corrected chi connectivity index (χ3v) is 8.68. The van der Waals surface area contributed by atoms with Crippen LogP contribution in [0.1, 0.15) is 98.7 Å². The zero-order valence-corrected chi connectivity index (χ0v) is 26.0. The average Bonchev–Trinajstić information content (AvgIpc) is 2.99. The minimum absolute atomic E-state index is 0.0120. The summed E-state index contributed by atoms with van der Waals surface area (Å²) in [5.41, 5.74) is 1.04. The second kappa shape index (κ2) is 15.1. The number of esters is 2. The highest BCUT2D eigenvalue weighted by atomic mass is 19.4. The lowest BCUT2D eigenvalue weighted by Gasteiger charge is -2.37. The van der Waals surface area contributed by atoms with Crippen LogP contribution in [-0.2, 0) is 31.9 Å². The Morgan fingerprint density at radius 3 is 2.31 bits per heavy atom. The fraction of sp³-hybridized carbons (Fsp3) is 0.606. The summed E-state index contributed by atoms with van der Waals surface area (Å²) < 4.78 is 48.9. The molecule has 45 heavy (non-hydrogen) atoms. The molecule has 0 spiro atoms. The molecule has 1 aliphatic heterocycles. The van der Waals surface area contributed by atoms with Gasteiger partial charge in [0.15, 0.2) is 17.2 Å². The minimum atomic E-state index is -5.01. The number of alkyl halides is 3. The van der Waals surface area contributed by atoms with E-state index < -0.39 is 17.7 Å². The van der Waals surface area contributed by atoms with Crippen LogP contribution in [0.25, 0.3) is 0 Å². The Labute approximate surface area is 261 Å². The molecule has 9 nitrogen and oxygen atoms in total. The fourth-order valence-electron chi connectivity index (χ4n) is 6.27. The smallest absolute Gasteiger partial charge is 0.490 e. The van der Waals surface area contributed by atoms with Crippen molar-refractivity contribution in [3.63, 3.8) is 0 Å². The SMILES string of the molecule is CCOC(=O)CCCC(=O)c1nc(CC2CCN(c3ccc(CC4(OC(=O)C(F)(F)F)CCCCC4)cc3)CC2)nc(C)c1O. The third-order valence-electron chi connectivity index (χ3n) is 8.68. The van der Waals surface area contributed by atoms with Crippen LogP contribution < -0.4 is 4.90 Å². The van der Waals surface area contributed by atoms with Crippen LogP contribution in [-0.4, -0.2) is 64.3 Å². The van der Waals surface area contributed by atoms with Gasteiger partial charge in [0.1, 0.15) is 11.4 Å². The van der Waals surface area contributed by atoms with E-state index in [0.29, 0.717) is 37.2 Å². The first-order chi connectivity index (χ1) is 21.4. The van der Waals surface area contributed by atoms with Crippen molar-refractivity contribution in [2.24, 2.45) is 5.92 Å². The molecular weight excluding hydrogens is 591 g/mol. The molecule has 1 aliphatic carbocycles.